The van der Waals surface area contributed by atoms with Gasteiger partial charge in [0, 0.05) is 11.6 Å². The Balaban J connectivity index is 3.02. The molecule has 1 aromatic heterocycles. The van der Waals surface area contributed by atoms with Crippen molar-refractivity contribution in [2.75, 3.05) is 5.73 Å². The minimum atomic E-state index is -0.548. The fraction of sp³-hybridized carbons (Fsp3) is 0. The summed E-state index contributed by atoms with van der Waals surface area (Å²) in [5, 5.41) is 28.6. The Morgan fingerprint density at radius 2 is 1.79 bits per heavy atom. The van der Waals surface area contributed by atoms with Crippen LogP contribution in [-0.2, 0) is 0 Å². The van der Waals surface area contributed by atoms with E-state index < -0.39 is 11.5 Å². The second-order valence-electron chi connectivity index (χ2n) is 2.86. The molecule has 0 spiro atoms. The third-order valence-electron chi connectivity index (χ3n) is 2.02. The summed E-state index contributed by atoms with van der Waals surface area (Å²) in [5.41, 5.74) is 5.24. The average Bonchev–Trinajstić information content (AvgIpc) is 2.23. The maximum atomic E-state index is 9.53. The van der Waals surface area contributed by atoms with Gasteiger partial charge in [-0.05, 0) is 12.1 Å². The van der Waals surface area contributed by atoms with Crippen molar-refractivity contribution in [2.24, 2.45) is 0 Å². The molecule has 5 nitrogen and oxygen atoms in total. The largest absolute Gasteiger partial charge is 0.505 e. The molecule has 14 heavy (non-hydrogen) atoms. The first-order valence-electron chi connectivity index (χ1n) is 3.90. The summed E-state index contributed by atoms with van der Waals surface area (Å²) < 4.78 is 0. The van der Waals surface area contributed by atoms with Crippen molar-refractivity contribution in [1.82, 2.24) is 4.98 Å². The van der Waals surface area contributed by atoms with Gasteiger partial charge in [-0.1, -0.05) is 0 Å². The van der Waals surface area contributed by atoms with Gasteiger partial charge in [-0.15, -0.1) is 0 Å². The van der Waals surface area contributed by atoms with Gasteiger partial charge in [0.15, 0.2) is 17.2 Å². The number of phenols is 3. The van der Waals surface area contributed by atoms with Crippen molar-refractivity contribution in [2.45, 2.75) is 0 Å². The molecule has 1 aromatic carbocycles. The number of hydrogen-bond donors (Lipinski definition) is 4. The van der Waals surface area contributed by atoms with E-state index in [4.69, 9.17) is 5.73 Å². The van der Waals surface area contributed by atoms with E-state index in [0.717, 1.165) is 0 Å². The van der Waals surface area contributed by atoms with Gasteiger partial charge in [-0.3, -0.25) is 4.98 Å². The summed E-state index contributed by atoms with van der Waals surface area (Å²) in [4.78, 5) is 3.82. The zero-order valence-electron chi connectivity index (χ0n) is 7.10. The predicted octanol–water partition coefficient (Wildman–Crippen LogP) is 0.934. The Morgan fingerprint density at radius 1 is 1.07 bits per heavy atom. The normalized spacial score (nSPS) is 10.6. The Hall–Kier alpha value is -2.17. The number of benzene rings is 1. The molecule has 0 atom stereocenters. The Morgan fingerprint density at radius 3 is 2.50 bits per heavy atom. The monoisotopic (exact) mass is 192 g/mol. The van der Waals surface area contributed by atoms with E-state index in [0.29, 0.717) is 5.39 Å². The van der Waals surface area contributed by atoms with E-state index in [1.807, 2.05) is 0 Å². The smallest absolute Gasteiger partial charge is 0.187 e. The van der Waals surface area contributed by atoms with Crippen LogP contribution in [-0.4, -0.2) is 20.3 Å². The first kappa shape index (κ1) is 8.43. The highest BCUT2D eigenvalue weighted by molar-refractivity contribution is 5.97. The number of nitrogen functional groups attached to an aromatic ring is 1. The molecule has 0 fully saturated rings. The fourth-order valence-corrected chi connectivity index (χ4v) is 1.28. The van der Waals surface area contributed by atoms with Crippen molar-refractivity contribution >= 4 is 16.6 Å². The van der Waals surface area contributed by atoms with Crippen molar-refractivity contribution in [1.29, 1.82) is 0 Å². The molecule has 1 heterocycles. The SMILES string of the molecule is Nc1c(O)c(O)c2ncccc2c1O. The Bertz CT molecular complexity index is 464. The van der Waals surface area contributed by atoms with Crippen LogP contribution in [0.2, 0.25) is 0 Å². The number of rotatable bonds is 0. The summed E-state index contributed by atoms with van der Waals surface area (Å²) in [7, 11) is 0. The topological polar surface area (TPSA) is 99.6 Å². The first-order chi connectivity index (χ1) is 6.63. The first-order valence-corrected chi connectivity index (χ1v) is 3.90. The second kappa shape index (κ2) is 2.66. The molecule has 5 heteroatoms. The summed E-state index contributed by atoms with van der Waals surface area (Å²) in [6.07, 6.45) is 1.44. The van der Waals surface area contributed by atoms with E-state index in [9.17, 15) is 15.3 Å². The minimum Gasteiger partial charge on any atom is -0.505 e. The third-order valence-corrected chi connectivity index (χ3v) is 2.02. The number of aromatic nitrogens is 1. The number of nitrogens with two attached hydrogens (primary N) is 1. The number of fused-ring (bicyclic) bond motifs is 1. The van der Waals surface area contributed by atoms with Gasteiger partial charge in [-0.25, -0.2) is 0 Å². The fourth-order valence-electron chi connectivity index (χ4n) is 1.28. The maximum absolute atomic E-state index is 9.53. The molecule has 2 aromatic rings. The van der Waals surface area contributed by atoms with Crippen molar-refractivity contribution in [3.05, 3.63) is 18.3 Å². The zero-order valence-corrected chi connectivity index (χ0v) is 7.10. The lowest BCUT2D eigenvalue weighted by atomic mass is 10.1. The van der Waals surface area contributed by atoms with Gasteiger partial charge in [-0.2, -0.15) is 0 Å². The molecule has 0 saturated heterocycles. The standard InChI is InChI=1S/C9H8N2O3/c10-5-7(12)4-2-1-3-11-6(4)9(14)8(5)13/h1-3,12-14H,10H2. The molecule has 0 bridgehead atoms. The van der Waals surface area contributed by atoms with Gasteiger partial charge >= 0.3 is 0 Å². The summed E-state index contributed by atoms with van der Waals surface area (Å²) in [6.45, 7) is 0. The van der Waals surface area contributed by atoms with E-state index in [2.05, 4.69) is 4.98 Å². The van der Waals surface area contributed by atoms with Crippen LogP contribution in [0.15, 0.2) is 18.3 Å². The van der Waals surface area contributed by atoms with Gasteiger partial charge in [0.25, 0.3) is 0 Å². The van der Waals surface area contributed by atoms with Crippen LogP contribution in [0, 0.1) is 0 Å². The molecule has 72 valence electrons. The van der Waals surface area contributed by atoms with E-state index in [-0.39, 0.29) is 17.0 Å². The molecular formula is C9H8N2O3. The minimum absolute atomic E-state index is 0.122. The van der Waals surface area contributed by atoms with Crippen molar-refractivity contribution in [3.8, 4) is 17.2 Å². The lowest BCUT2D eigenvalue weighted by Gasteiger charge is -2.07. The van der Waals surface area contributed by atoms with Gasteiger partial charge in [0.1, 0.15) is 11.2 Å². The Kier molecular flexibility index (Phi) is 1.60. The molecule has 0 aliphatic carbocycles. The van der Waals surface area contributed by atoms with Crippen molar-refractivity contribution in [3.63, 3.8) is 0 Å². The highest BCUT2D eigenvalue weighted by Crippen LogP contribution is 2.44. The van der Waals surface area contributed by atoms with Crippen molar-refractivity contribution < 1.29 is 15.3 Å². The van der Waals surface area contributed by atoms with Gasteiger partial charge < -0.3 is 21.1 Å². The number of aromatic hydroxyl groups is 3. The predicted molar refractivity (Wildman–Crippen MR) is 51.1 cm³/mol. The van der Waals surface area contributed by atoms with Crippen LogP contribution in [0.1, 0.15) is 0 Å². The van der Waals surface area contributed by atoms with Gasteiger partial charge in [0.2, 0.25) is 0 Å². The second-order valence-corrected chi connectivity index (χ2v) is 2.86. The van der Waals surface area contributed by atoms with Crippen LogP contribution >= 0.6 is 0 Å². The van der Waals surface area contributed by atoms with Crippen LogP contribution in [0.25, 0.3) is 10.9 Å². The Labute approximate surface area is 79.1 Å². The zero-order chi connectivity index (χ0) is 10.3. The molecule has 0 aliphatic heterocycles. The molecule has 2 rings (SSSR count). The van der Waals surface area contributed by atoms with E-state index in [1.165, 1.54) is 6.20 Å². The van der Waals surface area contributed by atoms with Crippen LogP contribution in [0.4, 0.5) is 5.69 Å². The number of pyridine rings is 1. The molecule has 0 radical (unpaired) electrons. The van der Waals surface area contributed by atoms with E-state index >= 15 is 0 Å². The average molecular weight is 192 g/mol. The number of phenolic OH excluding ortho intramolecular Hbond substituents is 3. The van der Waals surface area contributed by atoms with E-state index in [1.54, 1.807) is 12.1 Å². The number of anilines is 1. The summed E-state index contributed by atoms with van der Waals surface area (Å²) in [6, 6.07) is 3.14. The summed E-state index contributed by atoms with van der Waals surface area (Å²) >= 11 is 0. The number of hydrogen-bond acceptors (Lipinski definition) is 5. The highest BCUT2D eigenvalue weighted by Gasteiger charge is 2.16. The van der Waals surface area contributed by atoms with Crippen LogP contribution in [0.3, 0.4) is 0 Å². The van der Waals surface area contributed by atoms with Gasteiger partial charge in [0.05, 0.1) is 0 Å². The summed E-state index contributed by atoms with van der Waals surface area (Å²) in [5.74, 6) is -1.24. The highest BCUT2D eigenvalue weighted by atomic mass is 16.3. The molecule has 5 N–H and O–H groups in total. The quantitative estimate of drug-likeness (QED) is 0.283. The molecule has 0 amide bonds. The molecule has 0 unspecified atom stereocenters. The maximum Gasteiger partial charge on any atom is 0.187 e. The lowest BCUT2D eigenvalue weighted by Crippen LogP contribution is -1.90. The molecular weight excluding hydrogens is 184 g/mol. The third kappa shape index (κ3) is 0.922. The lowest BCUT2D eigenvalue weighted by molar-refractivity contribution is 0.404. The molecule has 0 saturated carbocycles. The molecule has 0 aliphatic rings. The van der Waals surface area contributed by atoms with Crippen LogP contribution in [0.5, 0.6) is 17.2 Å². The number of nitrogens with zero attached hydrogens (tertiary/aromatic N) is 1. The van der Waals surface area contributed by atoms with Crippen LogP contribution < -0.4 is 5.73 Å².